The van der Waals surface area contributed by atoms with Crippen LogP contribution >= 0.6 is 11.8 Å². The van der Waals surface area contributed by atoms with E-state index >= 15 is 0 Å². The zero-order valence-electron chi connectivity index (χ0n) is 15.6. The van der Waals surface area contributed by atoms with Gasteiger partial charge in [0.25, 0.3) is 0 Å². The van der Waals surface area contributed by atoms with Gasteiger partial charge in [-0.3, -0.25) is 4.79 Å². The minimum atomic E-state index is -0.162. The summed E-state index contributed by atoms with van der Waals surface area (Å²) < 4.78 is 13.7. The van der Waals surface area contributed by atoms with Crippen LogP contribution in [0.3, 0.4) is 0 Å². The van der Waals surface area contributed by atoms with E-state index < -0.39 is 0 Å². The van der Waals surface area contributed by atoms with Gasteiger partial charge in [0.15, 0.2) is 22.8 Å². The number of likely N-dealkylation sites (N-methyl/N-ethyl adjacent to an activating group) is 1. The number of amides is 1. The van der Waals surface area contributed by atoms with Gasteiger partial charge in [-0.05, 0) is 31.9 Å². The summed E-state index contributed by atoms with van der Waals surface area (Å²) in [6.07, 6.45) is 2.21. The molecule has 144 valence electrons. The van der Waals surface area contributed by atoms with Crippen LogP contribution in [-0.4, -0.2) is 57.1 Å². The second-order valence-corrected chi connectivity index (χ2v) is 7.84. The number of aromatic nitrogens is 3. The summed E-state index contributed by atoms with van der Waals surface area (Å²) in [7, 11) is 1.97. The van der Waals surface area contributed by atoms with Crippen LogP contribution in [-0.2, 0) is 11.8 Å². The van der Waals surface area contributed by atoms with E-state index in [-0.39, 0.29) is 12.0 Å². The molecule has 0 N–H and O–H groups in total. The maximum Gasteiger partial charge on any atom is 0.233 e. The van der Waals surface area contributed by atoms with E-state index in [1.165, 1.54) is 24.6 Å². The maximum absolute atomic E-state index is 12.7. The van der Waals surface area contributed by atoms with Crippen LogP contribution in [0, 0.1) is 0 Å². The van der Waals surface area contributed by atoms with Gasteiger partial charge in [-0.15, -0.1) is 10.2 Å². The second kappa shape index (κ2) is 7.80. The molecule has 7 nitrogen and oxygen atoms in total. The van der Waals surface area contributed by atoms with Gasteiger partial charge >= 0.3 is 0 Å². The first-order chi connectivity index (χ1) is 13.2. The summed E-state index contributed by atoms with van der Waals surface area (Å²) in [6, 6.07) is 7.62. The highest BCUT2D eigenvalue weighted by Crippen LogP contribution is 2.39. The number of hydrogen-bond acceptors (Lipinski definition) is 6. The van der Waals surface area contributed by atoms with Crippen LogP contribution in [0.5, 0.6) is 11.5 Å². The summed E-state index contributed by atoms with van der Waals surface area (Å²) in [5.41, 5.74) is 0. The van der Waals surface area contributed by atoms with Crippen LogP contribution in [0.1, 0.15) is 31.5 Å². The van der Waals surface area contributed by atoms with E-state index in [1.807, 2.05) is 47.7 Å². The SMILES string of the molecule is CCN(C[C@@H]1COc2ccccc2O1)C(=O)CSc1nnc(C2CC2)n1C. The van der Waals surface area contributed by atoms with Crippen molar-refractivity contribution in [3.05, 3.63) is 30.1 Å². The molecule has 0 radical (unpaired) electrons. The van der Waals surface area contributed by atoms with Crippen molar-refractivity contribution < 1.29 is 14.3 Å². The zero-order chi connectivity index (χ0) is 18.8. The molecule has 2 heterocycles. The van der Waals surface area contributed by atoms with Crippen molar-refractivity contribution in [3.8, 4) is 11.5 Å². The third kappa shape index (κ3) is 4.05. The average molecular weight is 388 g/mol. The molecule has 2 aliphatic rings. The van der Waals surface area contributed by atoms with Crippen molar-refractivity contribution in [2.45, 2.75) is 36.9 Å². The first kappa shape index (κ1) is 18.2. The van der Waals surface area contributed by atoms with E-state index in [0.29, 0.717) is 31.4 Å². The average Bonchev–Trinajstić information content (AvgIpc) is 3.47. The van der Waals surface area contributed by atoms with Crippen molar-refractivity contribution in [3.63, 3.8) is 0 Å². The number of carbonyl (C=O) groups excluding carboxylic acids is 1. The molecule has 0 unspecified atom stereocenters. The van der Waals surface area contributed by atoms with Gasteiger partial charge in [0.05, 0.1) is 12.3 Å². The van der Waals surface area contributed by atoms with Crippen LogP contribution in [0.25, 0.3) is 0 Å². The Morgan fingerprint density at radius 1 is 1.30 bits per heavy atom. The molecule has 0 saturated heterocycles. The smallest absolute Gasteiger partial charge is 0.233 e. The molecule has 0 bridgehead atoms. The highest BCUT2D eigenvalue weighted by molar-refractivity contribution is 7.99. The Morgan fingerprint density at radius 2 is 2.07 bits per heavy atom. The van der Waals surface area contributed by atoms with Crippen LogP contribution in [0.2, 0.25) is 0 Å². The van der Waals surface area contributed by atoms with Crippen molar-refractivity contribution in [2.24, 2.45) is 7.05 Å². The van der Waals surface area contributed by atoms with Crippen LogP contribution in [0.15, 0.2) is 29.4 Å². The van der Waals surface area contributed by atoms with Gasteiger partial charge in [-0.1, -0.05) is 23.9 Å². The van der Waals surface area contributed by atoms with E-state index in [0.717, 1.165) is 22.5 Å². The Kier molecular flexibility index (Phi) is 5.24. The minimum Gasteiger partial charge on any atom is -0.486 e. The van der Waals surface area contributed by atoms with Crippen molar-refractivity contribution in [1.29, 1.82) is 0 Å². The van der Waals surface area contributed by atoms with Gasteiger partial charge in [0.2, 0.25) is 5.91 Å². The van der Waals surface area contributed by atoms with Gasteiger partial charge in [-0.2, -0.15) is 0 Å². The quantitative estimate of drug-likeness (QED) is 0.679. The molecule has 1 aliphatic carbocycles. The van der Waals surface area contributed by atoms with E-state index in [1.54, 1.807) is 0 Å². The fourth-order valence-corrected chi connectivity index (χ4v) is 3.99. The molecule has 1 amide bonds. The first-order valence-corrected chi connectivity index (χ1v) is 10.3. The number of para-hydroxylation sites is 2. The Morgan fingerprint density at radius 3 is 2.81 bits per heavy atom. The second-order valence-electron chi connectivity index (χ2n) is 6.89. The summed E-state index contributed by atoms with van der Waals surface area (Å²) in [5.74, 6) is 3.48. The number of fused-ring (bicyclic) bond motifs is 1. The number of nitrogens with zero attached hydrogens (tertiary/aromatic N) is 4. The molecule has 1 saturated carbocycles. The van der Waals surface area contributed by atoms with Crippen molar-refractivity contribution in [1.82, 2.24) is 19.7 Å². The monoisotopic (exact) mass is 388 g/mol. The predicted octanol–water partition coefficient (Wildman–Crippen LogP) is 2.47. The number of benzene rings is 1. The molecule has 1 aromatic carbocycles. The van der Waals surface area contributed by atoms with Gasteiger partial charge < -0.3 is 18.9 Å². The molecule has 8 heteroatoms. The summed E-state index contributed by atoms with van der Waals surface area (Å²) in [4.78, 5) is 14.5. The minimum absolute atomic E-state index is 0.0703. The Bertz CT molecular complexity index is 821. The lowest BCUT2D eigenvalue weighted by molar-refractivity contribution is -0.129. The van der Waals surface area contributed by atoms with E-state index in [9.17, 15) is 4.79 Å². The first-order valence-electron chi connectivity index (χ1n) is 9.34. The fourth-order valence-electron chi connectivity index (χ4n) is 3.17. The Labute approximate surface area is 163 Å². The molecule has 1 aliphatic heterocycles. The van der Waals surface area contributed by atoms with Crippen LogP contribution < -0.4 is 9.47 Å². The topological polar surface area (TPSA) is 69.5 Å². The van der Waals surface area contributed by atoms with Gasteiger partial charge in [-0.25, -0.2) is 0 Å². The molecule has 2 aromatic rings. The van der Waals surface area contributed by atoms with Crippen LogP contribution in [0.4, 0.5) is 0 Å². The van der Waals surface area contributed by atoms with Gasteiger partial charge in [0.1, 0.15) is 12.4 Å². The number of hydrogen-bond donors (Lipinski definition) is 0. The molecule has 1 fully saturated rings. The van der Waals surface area contributed by atoms with Gasteiger partial charge in [0, 0.05) is 19.5 Å². The summed E-state index contributed by atoms with van der Waals surface area (Å²) in [5, 5.41) is 9.30. The summed E-state index contributed by atoms with van der Waals surface area (Å²) in [6.45, 7) is 3.57. The van der Waals surface area contributed by atoms with Crippen molar-refractivity contribution >= 4 is 17.7 Å². The molecule has 27 heavy (non-hydrogen) atoms. The molecule has 1 atom stereocenters. The van der Waals surface area contributed by atoms with E-state index in [2.05, 4.69) is 10.2 Å². The number of thioether (sulfide) groups is 1. The zero-order valence-corrected chi connectivity index (χ0v) is 16.4. The standard InChI is InChI=1S/C19H24N4O3S/c1-3-23(10-14-11-25-15-6-4-5-7-16(15)26-14)17(24)12-27-19-21-20-18(22(19)2)13-8-9-13/h4-7,13-14H,3,8-12H2,1-2H3/t14-/m1/s1. The number of ether oxygens (including phenoxy) is 2. The van der Waals surface area contributed by atoms with Crippen molar-refractivity contribution in [2.75, 3.05) is 25.4 Å². The maximum atomic E-state index is 12.7. The largest absolute Gasteiger partial charge is 0.486 e. The third-order valence-corrected chi connectivity index (χ3v) is 5.87. The molecule has 4 rings (SSSR count). The molecule has 1 aromatic heterocycles. The molecular weight excluding hydrogens is 364 g/mol. The highest BCUT2D eigenvalue weighted by atomic mass is 32.2. The lowest BCUT2D eigenvalue weighted by Gasteiger charge is -2.30. The highest BCUT2D eigenvalue weighted by Gasteiger charge is 2.30. The predicted molar refractivity (Wildman–Crippen MR) is 102 cm³/mol. The number of rotatable bonds is 7. The number of carbonyl (C=O) groups is 1. The Balaban J connectivity index is 1.32. The lowest BCUT2D eigenvalue weighted by atomic mass is 10.2. The summed E-state index contributed by atoms with van der Waals surface area (Å²) >= 11 is 1.44. The van der Waals surface area contributed by atoms with E-state index in [4.69, 9.17) is 9.47 Å². The Hall–Kier alpha value is -2.22. The normalized spacial score (nSPS) is 18.4. The molecular formula is C19H24N4O3S. The molecule has 0 spiro atoms. The fraction of sp³-hybridized carbons (Fsp3) is 0.526. The third-order valence-electron chi connectivity index (χ3n) is 4.86. The lowest BCUT2D eigenvalue weighted by Crippen LogP contribution is -2.44.